The van der Waals surface area contributed by atoms with E-state index in [1.54, 1.807) is 12.1 Å². The van der Waals surface area contributed by atoms with E-state index in [0.717, 1.165) is 70.2 Å². The van der Waals surface area contributed by atoms with Crippen LogP contribution in [0.25, 0.3) is 0 Å². The molecule has 2 aliphatic rings. The van der Waals surface area contributed by atoms with Crippen LogP contribution in [0.1, 0.15) is 22.3 Å². The van der Waals surface area contributed by atoms with Crippen LogP contribution in [0.3, 0.4) is 0 Å². The number of hydrogen-bond acceptors (Lipinski definition) is 5. The number of nitrogens with zero attached hydrogens (tertiary/aromatic N) is 2. The second kappa shape index (κ2) is 9.96. The van der Waals surface area contributed by atoms with E-state index in [4.69, 9.17) is 14.6 Å². The summed E-state index contributed by atoms with van der Waals surface area (Å²) in [5.74, 6) is 0.658. The number of anilines is 1. The molecule has 6 heteroatoms. The van der Waals surface area contributed by atoms with Gasteiger partial charge in [-0.05, 0) is 60.7 Å². The summed E-state index contributed by atoms with van der Waals surface area (Å²) >= 11 is 0. The molecule has 0 saturated carbocycles. The number of aromatic carboxylic acids is 1. The molecule has 0 bridgehead atoms. The maximum atomic E-state index is 11.0. The smallest absolute Gasteiger partial charge is 0.335 e. The third kappa shape index (κ3) is 5.52. The first kappa shape index (κ1) is 20.7. The van der Waals surface area contributed by atoms with Crippen LogP contribution in [0.15, 0.2) is 48.5 Å². The Morgan fingerprint density at radius 3 is 2.47 bits per heavy atom. The van der Waals surface area contributed by atoms with Crippen molar-refractivity contribution < 1.29 is 19.4 Å². The Bertz CT molecular complexity index is 816. The lowest BCUT2D eigenvalue weighted by molar-refractivity contribution is 0.0322. The summed E-state index contributed by atoms with van der Waals surface area (Å²) < 4.78 is 11.3. The molecule has 4 rings (SSSR count). The first-order valence-corrected chi connectivity index (χ1v) is 10.8. The quantitative estimate of drug-likeness (QED) is 0.721. The number of ether oxygens (including phenoxy) is 2. The zero-order valence-electron chi connectivity index (χ0n) is 17.3. The van der Waals surface area contributed by atoms with Crippen LogP contribution in [-0.4, -0.2) is 68.5 Å². The fourth-order valence-corrected chi connectivity index (χ4v) is 4.22. The second-order valence-electron chi connectivity index (χ2n) is 8.10. The van der Waals surface area contributed by atoms with Gasteiger partial charge in [-0.3, -0.25) is 4.90 Å². The van der Waals surface area contributed by atoms with Crippen molar-refractivity contribution in [3.63, 3.8) is 0 Å². The lowest BCUT2D eigenvalue weighted by Crippen LogP contribution is -2.38. The first-order chi connectivity index (χ1) is 14.7. The SMILES string of the molecule is O=C(O)c1ccc(N2CCC(Cc3ccc(OCCN4CCOCC4)cc3)C2)cc1. The molecule has 0 aliphatic carbocycles. The van der Waals surface area contributed by atoms with Gasteiger partial charge in [0.05, 0.1) is 18.8 Å². The fraction of sp³-hybridized carbons (Fsp3) is 0.458. The molecule has 1 unspecified atom stereocenters. The number of benzene rings is 2. The molecule has 2 fully saturated rings. The van der Waals surface area contributed by atoms with Crippen molar-refractivity contribution in [3.05, 3.63) is 59.7 Å². The molecule has 0 spiro atoms. The van der Waals surface area contributed by atoms with Crippen molar-refractivity contribution >= 4 is 11.7 Å². The highest BCUT2D eigenvalue weighted by Crippen LogP contribution is 2.27. The van der Waals surface area contributed by atoms with Gasteiger partial charge in [-0.1, -0.05) is 12.1 Å². The Hall–Kier alpha value is -2.57. The van der Waals surface area contributed by atoms with Gasteiger partial charge in [-0.2, -0.15) is 0 Å². The average Bonchev–Trinajstić information content (AvgIpc) is 3.24. The number of rotatable bonds is 8. The normalized spacial score (nSPS) is 19.7. The number of morpholine rings is 1. The van der Waals surface area contributed by atoms with Gasteiger partial charge in [0, 0.05) is 38.4 Å². The van der Waals surface area contributed by atoms with E-state index in [1.165, 1.54) is 5.56 Å². The molecule has 2 saturated heterocycles. The molecular formula is C24H30N2O4. The minimum Gasteiger partial charge on any atom is -0.492 e. The van der Waals surface area contributed by atoms with Gasteiger partial charge in [0.25, 0.3) is 0 Å². The highest BCUT2D eigenvalue weighted by atomic mass is 16.5. The summed E-state index contributed by atoms with van der Waals surface area (Å²) in [7, 11) is 0. The number of carboxylic acids is 1. The van der Waals surface area contributed by atoms with Crippen molar-refractivity contribution in [2.75, 3.05) is 57.4 Å². The molecule has 1 N–H and O–H groups in total. The molecule has 2 aromatic rings. The van der Waals surface area contributed by atoms with Crippen LogP contribution >= 0.6 is 0 Å². The van der Waals surface area contributed by atoms with Gasteiger partial charge in [-0.25, -0.2) is 4.79 Å². The average molecular weight is 411 g/mol. The van der Waals surface area contributed by atoms with Gasteiger partial charge in [0.1, 0.15) is 12.4 Å². The van der Waals surface area contributed by atoms with Crippen molar-refractivity contribution in [3.8, 4) is 5.75 Å². The minimum atomic E-state index is -0.880. The lowest BCUT2D eigenvalue weighted by Gasteiger charge is -2.26. The molecule has 0 radical (unpaired) electrons. The highest BCUT2D eigenvalue weighted by Gasteiger charge is 2.23. The largest absolute Gasteiger partial charge is 0.492 e. The monoisotopic (exact) mass is 410 g/mol. The van der Waals surface area contributed by atoms with Crippen LogP contribution < -0.4 is 9.64 Å². The maximum absolute atomic E-state index is 11.0. The summed E-state index contributed by atoms with van der Waals surface area (Å²) in [5.41, 5.74) is 2.77. The molecule has 0 amide bonds. The van der Waals surface area contributed by atoms with Gasteiger partial charge < -0.3 is 19.5 Å². The molecular weight excluding hydrogens is 380 g/mol. The Balaban J connectivity index is 1.22. The molecule has 2 heterocycles. The zero-order chi connectivity index (χ0) is 20.8. The van der Waals surface area contributed by atoms with Crippen molar-refractivity contribution in [2.45, 2.75) is 12.8 Å². The first-order valence-electron chi connectivity index (χ1n) is 10.8. The van der Waals surface area contributed by atoms with Crippen molar-refractivity contribution in [1.82, 2.24) is 4.90 Å². The molecule has 30 heavy (non-hydrogen) atoms. The Morgan fingerprint density at radius 2 is 1.77 bits per heavy atom. The Labute approximate surface area is 178 Å². The highest BCUT2D eigenvalue weighted by molar-refractivity contribution is 5.88. The summed E-state index contributed by atoms with van der Waals surface area (Å²) in [5, 5.41) is 9.05. The van der Waals surface area contributed by atoms with E-state index in [1.807, 2.05) is 12.1 Å². The van der Waals surface area contributed by atoms with E-state index < -0.39 is 5.97 Å². The molecule has 2 aromatic carbocycles. The number of carboxylic acid groups (broad SMARTS) is 1. The molecule has 1 atom stereocenters. The minimum absolute atomic E-state index is 0.335. The summed E-state index contributed by atoms with van der Waals surface area (Å²) in [6, 6.07) is 15.7. The Morgan fingerprint density at radius 1 is 1.03 bits per heavy atom. The van der Waals surface area contributed by atoms with Gasteiger partial charge in [0.2, 0.25) is 0 Å². The third-order valence-electron chi connectivity index (χ3n) is 5.99. The van der Waals surface area contributed by atoms with Crippen LogP contribution in [0, 0.1) is 5.92 Å². The lowest BCUT2D eigenvalue weighted by atomic mass is 9.99. The van der Waals surface area contributed by atoms with E-state index >= 15 is 0 Å². The molecule has 0 aromatic heterocycles. The molecule has 2 aliphatic heterocycles. The predicted molar refractivity (Wildman–Crippen MR) is 117 cm³/mol. The van der Waals surface area contributed by atoms with Crippen LogP contribution in [-0.2, 0) is 11.2 Å². The van der Waals surface area contributed by atoms with Crippen molar-refractivity contribution in [2.24, 2.45) is 5.92 Å². The standard InChI is InChI=1S/C24H30N2O4/c27-24(28)21-3-5-22(6-4-21)26-10-9-20(18-26)17-19-1-7-23(8-2-19)30-16-13-25-11-14-29-15-12-25/h1-8,20H,9-18H2,(H,27,28). The van der Waals surface area contributed by atoms with Gasteiger partial charge in [-0.15, -0.1) is 0 Å². The zero-order valence-corrected chi connectivity index (χ0v) is 17.3. The van der Waals surface area contributed by atoms with Crippen LogP contribution in [0.2, 0.25) is 0 Å². The van der Waals surface area contributed by atoms with Crippen molar-refractivity contribution in [1.29, 1.82) is 0 Å². The summed E-state index contributed by atoms with van der Waals surface area (Å²) in [6.07, 6.45) is 2.20. The topological polar surface area (TPSA) is 62.2 Å². The predicted octanol–water partition coefficient (Wildman–Crippen LogP) is 3.16. The van der Waals surface area contributed by atoms with E-state index in [-0.39, 0.29) is 0 Å². The van der Waals surface area contributed by atoms with Gasteiger partial charge >= 0.3 is 5.97 Å². The maximum Gasteiger partial charge on any atom is 0.335 e. The van der Waals surface area contributed by atoms with Gasteiger partial charge in [0.15, 0.2) is 0 Å². The molecule has 160 valence electrons. The molecule has 6 nitrogen and oxygen atoms in total. The number of carbonyl (C=O) groups is 1. The second-order valence-corrected chi connectivity index (χ2v) is 8.10. The van der Waals surface area contributed by atoms with Crippen LogP contribution in [0.5, 0.6) is 5.75 Å². The van der Waals surface area contributed by atoms with E-state index in [0.29, 0.717) is 18.1 Å². The van der Waals surface area contributed by atoms with E-state index in [2.05, 4.69) is 34.1 Å². The van der Waals surface area contributed by atoms with E-state index in [9.17, 15) is 4.79 Å². The fourth-order valence-electron chi connectivity index (χ4n) is 4.22. The summed E-state index contributed by atoms with van der Waals surface area (Å²) in [6.45, 7) is 7.29. The Kier molecular flexibility index (Phi) is 6.87. The number of hydrogen-bond donors (Lipinski definition) is 1. The van der Waals surface area contributed by atoms with Crippen LogP contribution in [0.4, 0.5) is 5.69 Å². The summed E-state index contributed by atoms with van der Waals surface area (Å²) in [4.78, 5) is 15.7. The third-order valence-corrected chi connectivity index (χ3v) is 5.99.